The highest BCUT2D eigenvalue weighted by atomic mass is 16.5. The van der Waals surface area contributed by atoms with Crippen LogP contribution in [0.3, 0.4) is 0 Å². The van der Waals surface area contributed by atoms with E-state index in [0.29, 0.717) is 6.42 Å². The molecular weight excluding hydrogens is 192 g/mol. The Morgan fingerprint density at radius 1 is 1.53 bits per heavy atom. The lowest BCUT2D eigenvalue weighted by Gasteiger charge is -2.11. The van der Waals surface area contributed by atoms with E-state index in [2.05, 4.69) is 0 Å². The van der Waals surface area contributed by atoms with E-state index < -0.39 is 11.9 Å². The van der Waals surface area contributed by atoms with Crippen LogP contribution in [0.5, 0.6) is 0 Å². The topological polar surface area (TPSA) is 46.5 Å². The van der Waals surface area contributed by atoms with Crippen LogP contribution < -0.4 is 0 Å². The standard InChI is InChI=1S/C12H16O3/c1-9-4-3-5-10(6-9)7-11(8-15-2)12(13)14/h3-6,11H,7-8H2,1-2H3,(H,13,14). The summed E-state index contributed by atoms with van der Waals surface area (Å²) in [5, 5.41) is 8.95. The number of hydrogen-bond acceptors (Lipinski definition) is 2. The number of methoxy groups -OCH3 is 1. The van der Waals surface area contributed by atoms with E-state index in [9.17, 15) is 4.79 Å². The van der Waals surface area contributed by atoms with Crippen molar-refractivity contribution in [1.29, 1.82) is 0 Å². The molecule has 0 heterocycles. The predicted octanol–water partition coefficient (Wildman–Crippen LogP) is 1.88. The molecule has 0 aliphatic rings. The molecule has 0 radical (unpaired) electrons. The third-order valence-corrected chi connectivity index (χ3v) is 2.28. The lowest BCUT2D eigenvalue weighted by molar-refractivity contribution is -0.143. The predicted molar refractivity (Wildman–Crippen MR) is 57.9 cm³/mol. The SMILES string of the molecule is COCC(Cc1cccc(C)c1)C(=O)O. The van der Waals surface area contributed by atoms with Gasteiger partial charge in [0.15, 0.2) is 0 Å². The lowest BCUT2D eigenvalue weighted by atomic mass is 9.99. The zero-order chi connectivity index (χ0) is 11.3. The van der Waals surface area contributed by atoms with E-state index in [1.807, 2.05) is 31.2 Å². The van der Waals surface area contributed by atoms with Gasteiger partial charge in [0.2, 0.25) is 0 Å². The first kappa shape index (κ1) is 11.7. The Labute approximate surface area is 89.7 Å². The molecule has 1 aromatic carbocycles. The van der Waals surface area contributed by atoms with E-state index in [1.54, 1.807) is 0 Å². The zero-order valence-corrected chi connectivity index (χ0v) is 9.06. The van der Waals surface area contributed by atoms with Gasteiger partial charge in [0.05, 0.1) is 12.5 Å². The molecule has 3 nitrogen and oxygen atoms in total. The molecule has 0 fully saturated rings. The van der Waals surface area contributed by atoms with Crippen molar-refractivity contribution < 1.29 is 14.6 Å². The molecule has 0 aromatic heterocycles. The fourth-order valence-corrected chi connectivity index (χ4v) is 1.54. The second-order valence-corrected chi connectivity index (χ2v) is 3.68. The van der Waals surface area contributed by atoms with Gasteiger partial charge in [-0.05, 0) is 18.9 Å². The van der Waals surface area contributed by atoms with Crippen molar-refractivity contribution in [2.24, 2.45) is 5.92 Å². The first-order valence-corrected chi connectivity index (χ1v) is 4.90. The van der Waals surface area contributed by atoms with Crippen LogP contribution in [0, 0.1) is 12.8 Å². The van der Waals surface area contributed by atoms with E-state index >= 15 is 0 Å². The number of hydrogen-bond donors (Lipinski definition) is 1. The number of carboxylic acids is 1. The minimum Gasteiger partial charge on any atom is -0.481 e. The molecule has 0 aliphatic carbocycles. The average molecular weight is 208 g/mol. The second kappa shape index (κ2) is 5.51. The van der Waals surface area contributed by atoms with Crippen LogP contribution in [-0.4, -0.2) is 24.8 Å². The van der Waals surface area contributed by atoms with Crippen LogP contribution in [0.1, 0.15) is 11.1 Å². The van der Waals surface area contributed by atoms with E-state index in [0.717, 1.165) is 11.1 Å². The van der Waals surface area contributed by atoms with Gasteiger partial charge in [-0.25, -0.2) is 0 Å². The number of aryl methyl sites for hydroxylation is 1. The highest BCUT2D eigenvalue weighted by Gasteiger charge is 2.17. The van der Waals surface area contributed by atoms with Crippen LogP contribution in [0.15, 0.2) is 24.3 Å². The summed E-state index contributed by atoms with van der Waals surface area (Å²) in [6.45, 7) is 2.25. The van der Waals surface area contributed by atoms with Crippen molar-refractivity contribution in [3.8, 4) is 0 Å². The summed E-state index contributed by atoms with van der Waals surface area (Å²) in [5.74, 6) is -1.27. The van der Waals surface area contributed by atoms with Crippen molar-refractivity contribution >= 4 is 5.97 Å². The zero-order valence-electron chi connectivity index (χ0n) is 9.06. The van der Waals surface area contributed by atoms with Gasteiger partial charge in [0.1, 0.15) is 0 Å². The van der Waals surface area contributed by atoms with E-state index in [-0.39, 0.29) is 6.61 Å². The smallest absolute Gasteiger partial charge is 0.309 e. The molecule has 1 atom stereocenters. The summed E-state index contributed by atoms with van der Waals surface area (Å²) < 4.78 is 4.89. The second-order valence-electron chi connectivity index (χ2n) is 3.68. The van der Waals surface area contributed by atoms with Gasteiger partial charge in [-0.3, -0.25) is 4.79 Å². The van der Waals surface area contributed by atoms with Crippen LogP contribution in [0.4, 0.5) is 0 Å². The quantitative estimate of drug-likeness (QED) is 0.803. The third-order valence-electron chi connectivity index (χ3n) is 2.28. The summed E-state index contributed by atoms with van der Waals surface area (Å²) in [6.07, 6.45) is 0.519. The van der Waals surface area contributed by atoms with Crippen LogP contribution in [0.2, 0.25) is 0 Å². The van der Waals surface area contributed by atoms with E-state index in [1.165, 1.54) is 7.11 Å². The molecule has 0 bridgehead atoms. The highest BCUT2D eigenvalue weighted by Crippen LogP contribution is 2.11. The third kappa shape index (κ3) is 3.72. The fourth-order valence-electron chi connectivity index (χ4n) is 1.54. The molecular formula is C12H16O3. The van der Waals surface area contributed by atoms with Crippen molar-refractivity contribution in [3.63, 3.8) is 0 Å². The van der Waals surface area contributed by atoms with Crippen molar-refractivity contribution in [2.75, 3.05) is 13.7 Å². The largest absolute Gasteiger partial charge is 0.481 e. The van der Waals surface area contributed by atoms with Gasteiger partial charge in [0.25, 0.3) is 0 Å². The van der Waals surface area contributed by atoms with Gasteiger partial charge in [-0.2, -0.15) is 0 Å². The summed E-state index contributed by atoms with van der Waals surface area (Å²) >= 11 is 0. The lowest BCUT2D eigenvalue weighted by Crippen LogP contribution is -2.21. The van der Waals surface area contributed by atoms with Crippen LogP contribution in [0.25, 0.3) is 0 Å². The monoisotopic (exact) mass is 208 g/mol. The fraction of sp³-hybridized carbons (Fsp3) is 0.417. The highest BCUT2D eigenvalue weighted by molar-refractivity contribution is 5.70. The Morgan fingerprint density at radius 3 is 2.80 bits per heavy atom. The van der Waals surface area contributed by atoms with Crippen molar-refractivity contribution in [2.45, 2.75) is 13.3 Å². The molecule has 15 heavy (non-hydrogen) atoms. The Morgan fingerprint density at radius 2 is 2.27 bits per heavy atom. The maximum atomic E-state index is 10.9. The number of carboxylic acid groups (broad SMARTS) is 1. The minimum absolute atomic E-state index is 0.253. The van der Waals surface area contributed by atoms with Gasteiger partial charge >= 0.3 is 5.97 Å². The molecule has 1 rings (SSSR count). The molecule has 0 amide bonds. The van der Waals surface area contributed by atoms with Crippen LogP contribution >= 0.6 is 0 Å². The first-order chi connectivity index (χ1) is 7.13. The maximum Gasteiger partial charge on any atom is 0.309 e. The first-order valence-electron chi connectivity index (χ1n) is 4.90. The summed E-state index contributed by atoms with van der Waals surface area (Å²) in [6, 6.07) is 7.89. The molecule has 0 spiro atoms. The minimum atomic E-state index is -0.807. The Kier molecular flexibility index (Phi) is 4.31. The number of carbonyl (C=O) groups is 1. The number of rotatable bonds is 5. The molecule has 0 saturated carbocycles. The maximum absolute atomic E-state index is 10.9. The number of benzene rings is 1. The summed E-state index contributed by atoms with van der Waals surface area (Å²) in [7, 11) is 1.52. The Hall–Kier alpha value is -1.35. The number of ether oxygens (including phenoxy) is 1. The Balaban J connectivity index is 2.69. The summed E-state index contributed by atoms with van der Waals surface area (Å²) in [5.41, 5.74) is 2.19. The van der Waals surface area contributed by atoms with Gasteiger partial charge in [-0.1, -0.05) is 29.8 Å². The summed E-state index contributed by atoms with van der Waals surface area (Å²) in [4.78, 5) is 10.9. The molecule has 0 saturated heterocycles. The molecule has 82 valence electrons. The molecule has 0 aliphatic heterocycles. The van der Waals surface area contributed by atoms with Crippen molar-refractivity contribution in [3.05, 3.63) is 35.4 Å². The van der Waals surface area contributed by atoms with Gasteiger partial charge in [0, 0.05) is 7.11 Å². The normalized spacial score (nSPS) is 12.4. The average Bonchev–Trinajstić information content (AvgIpc) is 2.17. The molecule has 3 heteroatoms. The number of aliphatic carboxylic acids is 1. The van der Waals surface area contributed by atoms with Gasteiger partial charge < -0.3 is 9.84 Å². The van der Waals surface area contributed by atoms with Crippen LogP contribution in [-0.2, 0) is 16.0 Å². The molecule has 1 N–H and O–H groups in total. The molecule has 1 aromatic rings. The Bertz CT molecular complexity index is 333. The molecule has 1 unspecified atom stereocenters. The van der Waals surface area contributed by atoms with Crippen molar-refractivity contribution in [1.82, 2.24) is 0 Å². The van der Waals surface area contributed by atoms with Gasteiger partial charge in [-0.15, -0.1) is 0 Å². The van der Waals surface area contributed by atoms with E-state index in [4.69, 9.17) is 9.84 Å².